The average molecular weight is 295 g/mol. The summed E-state index contributed by atoms with van der Waals surface area (Å²) in [5.41, 5.74) is -0.549. The molecule has 0 aliphatic carbocycles. The Morgan fingerprint density at radius 1 is 1.06 bits per heavy atom. The molecule has 0 bridgehead atoms. The van der Waals surface area contributed by atoms with E-state index >= 15 is 0 Å². The second-order valence-corrected chi connectivity index (χ2v) is 6.09. The zero-order valence-corrected chi connectivity index (χ0v) is 10.6. The van der Waals surface area contributed by atoms with E-state index in [0.717, 1.165) is 19.1 Å². The molecule has 1 aromatic carbocycles. The molecular weight excluding hydrogens is 286 g/mol. The Labute approximate surface area is 103 Å². The van der Waals surface area contributed by atoms with E-state index in [0.29, 0.717) is 0 Å². The summed E-state index contributed by atoms with van der Waals surface area (Å²) in [6, 6.07) is 1.74. The van der Waals surface area contributed by atoms with Crippen molar-refractivity contribution in [1.29, 1.82) is 0 Å². The number of rotatable bonds is 4. The second-order valence-electron chi connectivity index (χ2n) is 3.31. The molecule has 8 nitrogen and oxygen atoms in total. The summed E-state index contributed by atoms with van der Waals surface area (Å²) >= 11 is 0. The van der Waals surface area contributed by atoms with Crippen LogP contribution in [0.1, 0.15) is 5.56 Å². The smallest absolute Gasteiger partial charge is 0.294 e. The van der Waals surface area contributed by atoms with Crippen LogP contribution in [0.3, 0.4) is 0 Å². The fourth-order valence-electron chi connectivity index (χ4n) is 1.35. The largest absolute Gasteiger partial charge is 0.329 e. The molecule has 0 aliphatic heterocycles. The minimum atomic E-state index is -4.69. The van der Waals surface area contributed by atoms with E-state index < -0.39 is 30.0 Å². The first kappa shape index (κ1) is 14.6. The highest BCUT2D eigenvalue weighted by atomic mass is 32.2. The number of carbonyl (C=O) groups is 1. The standard InChI is InChI=1S/C8H9NO7S2/c1-5-7(17(11,12)13)2-6(9-4-10)3-8(5)18(14,15)16/h2-4H,1H3,(H,9,10)(H,11,12,13)(H,14,15,16). The van der Waals surface area contributed by atoms with Gasteiger partial charge in [-0.05, 0) is 24.6 Å². The molecule has 1 rings (SSSR count). The van der Waals surface area contributed by atoms with Crippen LogP contribution in [0.2, 0.25) is 0 Å². The Morgan fingerprint density at radius 3 is 1.72 bits per heavy atom. The molecule has 18 heavy (non-hydrogen) atoms. The van der Waals surface area contributed by atoms with Gasteiger partial charge in [-0.15, -0.1) is 0 Å². The van der Waals surface area contributed by atoms with E-state index in [2.05, 4.69) is 0 Å². The van der Waals surface area contributed by atoms with Crippen LogP contribution in [0.4, 0.5) is 5.69 Å². The lowest BCUT2D eigenvalue weighted by molar-refractivity contribution is -0.105. The summed E-state index contributed by atoms with van der Waals surface area (Å²) in [6.45, 7) is 1.09. The molecule has 0 aromatic heterocycles. The predicted octanol–water partition coefficient (Wildman–Crippen LogP) is 0.0567. The summed E-state index contributed by atoms with van der Waals surface area (Å²) in [7, 11) is -9.38. The quantitative estimate of drug-likeness (QED) is 0.527. The van der Waals surface area contributed by atoms with E-state index in [1.807, 2.05) is 5.32 Å². The number of hydrogen-bond donors (Lipinski definition) is 3. The third-order valence-electron chi connectivity index (χ3n) is 2.09. The van der Waals surface area contributed by atoms with E-state index in [1.54, 1.807) is 0 Å². The Balaban J connectivity index is 3.75. The van der Waals surface area contributed by atoms with Crippen molar-refractivity contribution in [2.24, 2.45) is 0 Å². The molecule has 0 saturated carbocycles. The molecule has 3 N–H and O–H groups in total. The van der Waals surface area contributed by atoms with Gasteiger partial charge < -0.3 is 5.32 Å². The fourth-order valence-corrected chi connectivity index (χ4v) is 2.96. The van der Waals surface area contributed by atoms with Gasteiger partial charge in [0, 0.05) is 5.69 Å². The first-order valence-electron chi connectivity index (χ1n) is 4.37. The van der Waals surface area contributed by atoms with Gasteiger partial charge in [0.25, 0.3) is 20.2 Å². The highest BCUT2D eigenvalue weighted by Crippen LogP contribution is 2.27. The molecule has 0 fully saturated rings. The lowest BCUT2D eigenvalue weighted by Crippen LogP contribution is -2.09. The number of nitrogens with one attached hydrogen (secondary N) is 1. The topological polar surface area (TPSA) is 138 Å². The highest BCUT2D eigenvalue weighted by molar-refractivity contribution is 7.86. The maximum atomic E-state index is 11.1. The van der Waals surface area contributed by atoms with Crippen LogP contribution in [0.15, 0.2) is 21.9 Å². The zero-order valence-electron chi connectivity index (χ0n) is 8.98. The summed E-state index contributed by atoms with van der Waals surface area (Å²) < 4.78 is 62.1. The molecule has 0 heterocycles. The summed E-state index contributed by atoms with van der Waals surface area (Å²) in [6.07, 6.45) is 0.187. The van der Waals surface area contributed by atoms with Gasteiger partial charge in [-0.2, -0.15) is 16.8 Å². The van der Waals surface area contributed by atoms with E-state index in [4.69, 9.17) is 9.11 Å². The Hall–Kier alpha value is -1.49. The molecule has 0 unspecified atom stereocenters. The van der Waals surface area contributed by atoms with E-state index in [-0.39, 0.29) is 17.7 Å². The number of amides is 1. The molecule has 10 heteroatoms. The number of benzene rings is 1. The predicted molar refractivity (Wildman–Crippen MR) is 60.5 cm³/mol. The Kier molecular flexibility index (Phi) is 3.76. The van der Waals surface area contributed by atoms with Crippen LogP contribution in [-0.2, 0) is 25.0 Å². The average Bonchev–Trinajstić information content (AvgIpc) is 2.17. The lowest BCUT2D eigenvalue weighted by atomic mass is 10.2. The number of carbonyl (C=O) groups excluding carboxylic acids is 1. The highest BCUT2D eigenvalue weighted by Gasteiger charge is 2.23. The van der Waals surface area contributed by atoms with Crippen LogP contribution >= 0.6 is 0 Å². The molecule has 0 radical (unpaired) electrons. The van der Waals surface area contributed by atoms with Crippen molar-refractivity contribution in [3.63, 3.8) is 0 Å². The van der Waals surface area contributed by atoms with Crippen LogP contribution < -0.4 is 5.32 Å². The van der Waals surface area contributed by atoms with Gasteiger partial charge in [-0.1, -0.05) is 0 Å². The molecule has 0 saturated heterocycles. The fraction of sp³-hybridized carbons (Fsp3) is 0.125. The van der Waals surface area contributed by atoms with Crippen molar-refractivity contribution in [2.75, 3.05) is 5.32 Å². The third-order valence-corrected chi connectivity index (χ3v) is 4.05. The van der Waals surface area contributed by atoms with Crippen molar-refractivity contribution in [3.8, 4) is 0 Å². The normalized spacial score (nSPS) is 12.2. The monoisotopic (exact) mass is 295 g/mol. The molecule has 100 valence electrons. The van der Waals surface area contributed by atoms with Gasteiger partial charge in [-0.25, -0.2) is 0 Å². The van der Waals surface area contributed by atoms with Crippen molar-refractivity contribution < 1.29 is 30.7 Å². The van der Waals surface area contributed by atoms with Crippen molar-refractivity contribution in [1.82, 2.24) is 0 Å². The second kappa shape index (κ2) is 4.65. The SMILES string of the molecule is Cc1c(S(=O)(=O)O)cc(NC=O)cc1S(=O)(=O)O. The molecular formula is C8H9NO7S2. The Morgan fingerprint density at radius 2 is 1.44 bits per heavy atom. The van der Waals surface area contributed by atoms with Crippen LogP contribution in [0, 0.1) is 6.92 Å². The number of anilines is 1. The molecule has 1 amide bonds. The van der Waals surface area contributed by atoms with Crippen LogP contribution in [-0.4, -0.2) is 32.4 Å². The van der Waals surface area contributed by atoms with Crippen molar-refractivity contribution >= 4 is 32.3 Å². The van der Waals surface area contributed by atoms with Gasteiger partial charge >= 0.3 is 0 Å². The minimum Gasteiger partial charge on any atom is -0.329 e. The summed E-state index contributed by atoms with van der Waals surface area (Å²) in [5.74, 6) is 0. The van der Waals surface area contributed by atoms with E-state index in [9.17, 15) is 21.6 Å². The molecule has 0 atom stereocenters. The number of hydrogen-bond acceptors (Lipinski definition) is 5. The van der Waals surface area contributed by atoms with Crippen LogP contribution in [0.25, 0.3) is 0 Å². The summed E-state index contributed by atoms with van der Waals surface area (Å²) in [4.78, 5) is 8.81. The first-order valence-corrected chi connectivity index (χ1v) is 7.25. The van der Waals surface area contributed by atoms with Gasteiger partial charge in [0.15, 0.2) is 0 Å². The maximum absolute atomic E-state index is 11.1. The van der Waals surface area contributed by atoms with E-state index in [1.165, 1.54) is 0 Å². The molecule has 0 aliphatic rings. The van der Waals surface area contributed by atoms with Crippen molar-refractivity contribution in [2.45, 2.75) is 16.7 Å². The maximum Gasteiger partial charge on any atom is 0.294 e. The van der Waals surface area contributed by atoms with Crippen LogP contribution in [0.5, 0.6) is 0 Å². The van der Waals surface area contributed by atoms with Gasteiger partial charge in [0.05, 0.1) is 0 Å². The lowest BCUT2D eigenvalue weighted by Gasteiger charge is -2.10. The molecule has 1 aromatic rings. The first-order chi connectivity index (χ1) is 8.07. The van der Waals surface area contributed by atoms with Crippen molar-refractivity contribution in [3.05, 3.63) is 17.7 Å². The zero-order chi connectivity index (χ0) is 14.1. The van der Waals surface area contributed by atoms with Gasteiger partial charge in [-0.3, -0.25) is 13.9 Å². The van der Waals surface area contributed by atoms with Gasteiger partial charge in [0.1, 0.15) is 9.79 Å². The Bertz CT molecular complexity index is 637. The minimum absolute atomic E-state index is 0.187. The molecule has 0 spiro atoms. The third kappa shape index (κ3) is 3.04. The summed E-state index contributed by atoms with van der Waals surface area (Å²) in [5, 5.41) is 2.03. The van der Waals surface area contributed by atoms with Gasteiger partial charge in [0.2, 0.25) is 6.41 Å².